The lowest BCUT2D eigenvalue weighted by atomic mass is 9.96. The number of aliphatic hydroxyl groups is 1. The molecule has 23 heavy (non-hydrogen) atoms. The van der Waals surface area contributed by atoms with Crippen molar-refractivity contribution in [3.63, 3.8) is 0 Å². The molecule has 0 heterocycles. The Hall–Kier alpha value is -1.88. The van der Waals surface area contributed by atoms with Gasteiger partial charge >= 0.3 is 0 Å². The molecular weight excluding hydrogens is 322 g/mol. The van der Waals surface area contributed by atoms with E-state index in [1.54, 1.807) is 22.9 Å². The Labute approximate surface area is 135 Å². The molecular formula is C13H23N5O4S. The third kappa shape index (κ3) is 7.79. The molecule has 0 radical (unpaired) electrons. The maximum atomic E-state index is 10.7. The first-order valence-corrected chi connectivity index (χ1v) is 8.35. The molecule has 130 valence electrons. The standard InChI is InChI=1S/C13H23N5O4S/c1-13(2,15)9-4-3-5-11(6-9)22-8-10(19)7-17-12(14)18-23(16,20)21/h3-6,10,19H,7-8,15H2,1-2H3,(H3,14,17,18)(H2,16,20,21). The van der Waals surface area contributed by atoms with Crippen LogP contribution in [-0.4, -0.2) is 38.7 Å². The summed E-state index contributed by atoms with van der Waals surface area (Å²) in [7, 11) is -4.01. The Morgan fingerprint density at radius 2 is 2.13 bits per heavy atom. The lowest BCUT2D eigenvalue weighted by Crippen LogP contribution is -2.46. The Bertz CT molecular complexity index is 642. The van der Waals surface area contributed by atoms with Crippen molar-refractivity contribution in [2.24, 2.45) is 10.9 Å². The molecule has 0 aliphatic rings. The number of benzene rings is 1. The molecule has 1 aromatic rings. The number of guanidine groups is 1. The fourth-order valence-electron chi connectivity index (χ4n) is 1.64. The summed E-state index contributed by atoms with van der Waals surface area (Å²) in [4.78, 5) is 0. The lowest BCUT2D eigenvalue weighted by molar-refractivity contribution is 0.110. The smallest absolute Gasteiger partial charge is 0.298 e. The molecule has 9 nitrogen and oxygen atoms in total. The third-order valence-electron chi connectivity index (χ3n) is 2.78. The van der Waals surface area contributed by atoms with Crippen molar-refractivity contribution in [3.05, 3.63) is 29.8 Å². The van der Waals surface area contributed by atoms with E-state index in [4.69, 9.17) is 21.0 Å². The van der Waals surface area contributed by atoms with E-state index < -0.39 is 27.8 Å². The topological polar surface area (TPSA) is 164 Å². The monoisotopic (exact) mass is 345 g/mol. The second kappa shape index (κ2) is 7.59. The van der Waals surface area contributed by atoms with Gasteiger partial charge in [0.25, 0.3) is 10.2 Å². The number of rotatable bonds is 7. The first-order chi connectivity index (χ1) is 10.5. The number of ether oxygens (including phenoxy) is 1. The Morgan fingerprint density at radius 1 is 1.48 bits per heavy atom. The maximum absolute atomic E-state index is 10.7. The lowest BCUT2D eigenvalue weighted by Gasteiger charge is -2.20. The van der Waals surface area contributed by atoms with Crippen LogP contribution in [0.25, 0.3) is 0 Å². The zero-order valence-corrected chi connectivity index (χ0v) is 13.9. The van der Waals surface area contributed by atoms with Crippen molar-refractivity contribution in [1.82, 2.24) is 10.0 Å². The molecule has 0 aliphatic heterocycles. The number of nitrogens with two attached hydrogens (primary N) is 2. The number of hydrogen-bond acceptors (Lipinski definition) is 6. The van der Waals surface area contributed by atoms with Crippen LogP contribution in [-0.2, 0) is 15.7 Å². The van der Waals surface area contributed by atoms with Crippen molar-refractivity contribution in [2.75, 3.05) is 13.2 Å². The van der Waals surface area contributed by atoms with Crippen LogP contribution in [0.4, 0.5) is 0 Å². The first kappa shape index (κ1) is 19.2. The summed E-state index contributed by atoms with van der Waals surface area (Å²) in [6, 6.07) is 7.20. The van der Waals surface area contributed by atoms with Gasteiger partial charge in [-0.3, -0.25) is 5.41 Å². The highest BCUT2D eigenvalue weighted by Gasteiger charge is 2.15. The summed E-state index contributed by atoms with van der Waals surface area (Å²) in [6.45, 7) is 3.62. The fourth-order valence-corrected chi connectivity index (χ4v) is 1.99. The summed E-state index contributed by atoms with van der Waals surface area (Å²) in [5.41, 5.74) is 6.39. The predicted octanol–water partition coefficient (Wildman–Crippen LogP) is -1.06. The van der Waals surface area contributed by atoms with Crippen LogP contribution >= 0.6 is 0 Å². The van der Waals surface area contributed by atoms with Crippen LogP contribution < -0.4 is 25.6 Å². The normalized spacial score (nSPS) is 13.3. The van der Waals surface area contributed by atoms with Gasteiger partial charge in [0.15, 0.2) is 0 Å². The van der Waals surface area contributed by atoms with E-state index in [1.165, 1.54) is 0 Å². The van der Waals surface area contributed by atoms with Gasteiger partial charge in [0.2, 0.25) is 5.96 Å². The second-order valence-electron chi connectivity index (χ2n) is 5.62. The van der Waals surface area contributed by atoms with E-state index >= 15 is 0 Å². The highest BCUT2D eigenvalue weighted by molar-refractivity contribution is 7.87. The van der Waals surface area contributed by atoms with Crippen molar-refractivity contribution >= 4 is 16.2 Å². The average Bonchev–Trinajstić information content (AvgIpc) is 2.40. The van der Waals surface area contributed by atoms with Gasteiger partial charge < -0.3 is 20.9 Å². The molecule has 0 amide bonds. The van der Waals surface area contributed by atoms with Gasteiger partial charge in [-0.2, -0.15) is 8.42 Å². The maximum Gasteiger partial charge on any atom is 0.298 e. The molecule has 0 saturated carbocycles. The van der Waals surface area contributed by atoms with Gasteiger partial charge in [0, 0.05) is 12.1 Å². The molecule has 8 N–H and O–H groups in total. The van der Waals surface area contributed by atoms with Gasteiger partial charge in [-0.25, -0.2) is 9.86 Å². The summed E-state index contributed by atoms with van der Waals surface area (Å²) >= 11 is 0. The Morgan fingerprint density at radius 3 is 2.70 bits per heavy atom. The van der Waals surface area contributed by atoms with Crippen LogP contribution in [0.15, 0.2) is 24.3 Å². The quantitative estimate of drug-likeness (QED) is 0.272. The van der Waals surface area contributed by atoms with Gasteiger partial charge in [0.05, 0.1) is 0 Å². The molecule has 10 heteroatoms. The van der Waals surface area contributed by atoms with Crippen molar-refractivity contribution < 1.29 is 18.3 Å². The third-order valence-corrected chi connectivity index (χ3v) is 3.27. The molecule has 1 atom stereocenters. The molecule has 0 saturated heterocycles. The molecule has 1 aromatic carbocycles. The predicted molar refractivity (Wildman–Crippen MR) is 87.1 cm³/mol. The van der Waals surface area contributed by atoms with Crippen LogP contribution in [0.2, 0.25) is 0 Å². The van der Waals surface area contributed by atoms with Crippen LogP contribution in [0.1, 0.15) is 19.4 Å². The summed E-state index contributed by atoms with van der Waals surface area (Å²) < 4.78 is 28.6. The highest BCUT2D eigenvalue weighted by Crippen LogP contribution is 2.21. The summed E-state index contributed by atoms with van der Waals surface area (Å²) in [5.74, 6) is 0.0243. The number of nitrogens with one attached hydrogen (secondary N) is 3. The summed E-state index contributed by atoms with van der Waals surface area (Å²) in [6.07, 6.45) is -0.952. The van der Waals surface area contributed by atoms with Gasteiger partial charge in [-0.15, -0.1) is 0 Å². The second-order valence-corrected chi connectivity index (χ2v) is 6.91. The summed E-state index contributed by atoms with van der Waals surface area (Å²) in [5, 5.41) is 24.1. The minimum Gasteiger partial charge on any atom is -0.491 e. The zero-order chi connectivity index (χ0) is 17.7. The fraction of sp³-hybridized carbons (Fsp3) is 0.462. The molecule has 0 bridgehead atoms. The van der Waals surface area contributed by atoms with Crippen molar-refractivity contribution in [1.29, 1.82) is 5.41 Å². The number of aliphatic hydroxyl groups excluding tert-OH is 1. The molecule has 0 spiro atoms. The molecule has 0 fully saturated rings. The van der Waals surface area contributed by atoms with E-state index in [0.29, 0.717) is 5.75 Å². The molecule has 1 rings (SSSR count). The highest BCUT2D eigenvalue weighted by atomic mass is 32.2. The Kier molecular flexibility index (Phi) is 6.33. The Balaban J connectivity index is 2.45. The minimum atomic E-state index is -4.01. The van der Waals surface area contributed by atoms with E-state index in [9.17, 15) is 13.5 Å². The van der Waals surface area contributed by atoms with E-state index in [0.717, 1.165) is 5.56 Å². The van der Waals surface area contributed by atoms with Crippen LogP contribution in [0.5, 0.6) is 5.75 Å². The van der Waals surface area contributed by atoms with E-state index in [-0.39, 0.29) is 13.2 Å². The largest absolute Gasteiger partial charge is 0.491 e. The van der Waals surface area contributed by atoms with E-state index in [1.807, 2.05) is 19.9 Å². The first-order valence-electron chi connectivity index (χ1n) is 6.80. The van der Waals surface area contributed by atoms with Gasteiger partial charge in [0.1, 0.15) is 18.5 Å². The molecule has 1 unspecified atom stereocenters. The SMILES string of the molecule is CC(C)(N)c1cccc(OCC(O)CNC(=N)NS(N)(=O)=O)c1. The molecule has 0 aliphatic carbocycles. The van der Waals surface area contributed by atoms with Crippen LogP contribution in [0, 0.1) is 5.41 Å². The minimum absolute atomic E-state index is 0.0376. The number of hydrogen-bond donors (Lipinski definition) is 6. The van der Waals surface area contributed by atoms with Gasteiger partial charge in [-0.1, -0.05) is 12.1 Å². The van der Waals surface area contributed by atoms with Crippen molar-refractivity contribution in [3.8, 4) is 5.75 Å². The zero-order valence-electron chi connectivity index (χ0n) is 13.0. The van der Waals surface area contributed by atoms with Crippen LogP contribution in [0.3, 0.4) is 0 Å². The van der Waals surface area contributed by atoms with Crippen molar-refractivity contribution in [2.45, 2.75) is 25.5 Å². The molecule has 0 aromatic heterocycles. The average molecular weight is 345 g/mol. The van der Waals surface area contributed by atoms with E-state index in [2.05, 4.69) is 5.32 Å². The van der Waals surface area contributed by atoms with Gasteiger partial charge in [-0.05, 0) is 31.5 Å².